The van der Waals surface area contributed by atoms with Crippen LogP contribution in [0.3, 0.4) is 0 Å². The first-order valence-electron chi connectivity index (χ1n) is 7.45. The number of aliphatic hydroxyl groups excluding tert-OH is 1. The van der Waals surface area contributed by atoms with E-state index >= 15 is 0 Å². The Morgan fingerprint density at radius 1 is 1.48 bits per heavy atom. The maximum absolute atomic E-state index is 12.7. The van der Waals surface area contributed by atoms with E-state index in [1.807, 2.05) is 17.5 Å². The predicted octanol–water partition coefficient (Wildman–Crippen LogP) is -1.11. The van der Waals surface area contributed by atoms with E-state index in [1.54, 1.807) is 12.2 Å². The summed E-state index contributed by atoms with van der Waals surface area (Å²) in [4.78, 5) is 39.9. The summed E-state index contributed by atoms with van der Waals surface area (Å²) in [6.07, 6.45) is 0. The van der Waals surface area contributed by atoms with Gasteiger partial charge in [-0.15, -0.1) is 11.3 Å². The van der Waals surface area contributed by atoms with Crippen molar-refractivity contribution < 1.29 is 29.5 Å². The van der Waals surface area contributed by atoms with Crippen molar-refractivity contribution in [1.29, 1.82) is 0 Å². The molecule has 0 aliphatic carbocycles. The highest BCUT2D eigenvalue weighted by atomic mass is 32.1. The number of fused-ring (bicyclic) bond motifs is 1. The van der Waals surface area contributed by atoms with E-state index in [9.17, 15) is 19.5 Å². The molecule has 4 atom stereocenters. The number of aliphatic hydroxyl groups is 1. The molecule has 2 aliphatic heterocycles. The van der Waals surface area contributed by atoms with Crippen molar-refractivity contribution in [2.45, 2.75) is 18.5 Å². The Balaban J connectivity index is 2.13. The maximum Gasteiger partial charge on any atom is 0.371 e. The Morgan fingerprint density at radius 3 is 2.74 bits per heavy atom. The van der Waals surface area contributed by atoms with Crippen LogP contribution in [0.15, 0.2) is 17.5 Å². The van der Waals surface area contributed by atoms with Crippen molar-refractivity contribution in [3.8, 4) is 0 Å². The van der Waals surface area contributed by atoms with Gasteiger partial charge in [0.25, 0.3) is 0 Å². The lowest BCUT2D eigenvalue weighted by atomic mass is 9.80. The summed E-state index contributed by atoms with van der Waals surface area (Å²) in [6, 6.07) is 3.36. The first-order valence-corrected chi connectivity index (χ1v) is 8.33. The number of imide groups is 1. The van der Waals surface area contributed by atoms with Gasteiger partial charge >= 0.3 is 5.97 Å². The molecule has 0 aromatic carbocycles. The number of quaternary nitrogens is 1. The van der Waals surface area contributed by atoms with Gasteiger partial charge in [-0.25, -0.2) is 4.79 Å². The number of hydrogen-bond donors (Lipinski definition) is 2. The fourth-order valence-electron chi connectivity index (χ4n) is 3.83. The van der Waals surface area contributed by atoms with E-state index < -0.39 is 35.9 Å². The standard InChI is InChI=1S/C15H18N2O5S/c1-3-17-12(19)9-10(13(17)20)15(7-18,14(21)22-2)16-11(9)8-5-4-6-23-8/h4-6,9-11,16,18H,3,7H2,1-2H3/p+1/t9-,10-,11-,15+/m0/s1. The molecule has 23 heavy (non-hydrogen) atoms. The number of hydrogen-bond acceptors (Lipinski definition) is 6. The van der Waals surface area contributed by atoms with E-state index in [0.29, 0.717) is 0 Å². The normalized spacial score (nSPS) is 33.2. The summed E-state index contributed by atoms with van der Waals surface area (Å²) >= 11 is 1.46. The molecule has 7 nitrogen and oxygen atoms in total. The first-order chi connectivity index (χ1) is 11.0. The molecular weight excluding hydrogens is 320 g/mol. The van der Waals surface area contributed by atoms with Crippen LogP contribution in [0.1, 0.15) is 17.8 Å². The molecule has 3 N–H and O–H groups in total. The number of thiophene rings is 1. The van der Waals surface area contributed by atoms with E-state index in [2.05, 4.69) is 0 Å². The van der Waals surface area contributed by atoms with Gasteiger partial charge in [0.05, 0.1) is 12.0 Å². The molecule has 124 valence electrons. The molecule has 2 fully saturated rings. The van der Waals surface area contributed by atoms with Gasteiger partial charge in [0.1, 0.15) is 24.5 Å². The van der Waals surface area contributed by atoms with Gasteiger partial charge in [-0.3, -0.25) is 14.5 Å². The lowest BCUT2D eigenvalue weighted by Crippen LogP contribution is -2.99. The van der Waals surface area contributed by atoms with E-state index in [0.717, 1.165) is 4.88 Å². The van der Waals surface area contributed by atoms with Crippen molar-refractivity contribution in [1.82, 2.24) is 4.90 Å². The van der Waals surface area contributed by atoms with Gasteiger partial charge < -0.3 is 15.2 Å². The SMILES string of the molecule is CCN1C(=O)[C@H]2[C@@H](C1=O)[C@](CO)(C(=O)OC)[NH2+][C@H]2c1cccs1. The topological polar surface area (TPSA) is 101 Å². The second-order valence-electron chi connectivity index (χ2n) is 5.82. The third-order valence-electron chi connectivity index (χ3n) is 4.88. The van der Waals surface area contributed by atoms with Gasteiger partial charge in [0, 0.05) is 6.54 Å². The average molecular weight is 339 g/mol. The molecule has 2 amide bonds. The Kier molecular flexibility index (Phi) is 3.99. The van der Waals surface area contributed by atoms with Crippen LogP contribution < -0.4 is 5.32 Å². The molecule has 1 aromatic rings. The lowest BCUT2D eigenvalue weighted by Gasteiger charge is -2.26. The molecule has 3 heterocycles. The van der Waals surface area contributed by atoms with Gasteiger partial charge in [0.2, 0.25) is 17.4 Å². The van der Waals surface area contributed by atoms with Crippen molar-refractivity contribution >= 4 is 29.1 Å². The molecule has 0 radical (unpaired) electrons. The van der Waals surface area contributed by atoms with E-state index in [4.69, 9.17) is 4.74 Å². The largest absolute Gasteiger partial charge is 0.464 e. The first kappa shape index (κ1) is 16.1. The number of rotatable bonds is 4. The number of carbonyl (C=O) groups is 3. The highest BCUT2D eigenvalue weighted by Gasteiger charge is 2.72. The molecule has 8 heteroatoms. The van der Waals surface area contributed by atoms with Gasteiger partial charge in [-0.1, -0.05) is 6.07 Å². The zero-order valence-corrected chi connectivity index (χ0v) is 13.7. The number of amides is 2. The van der Waals surface area contributed by atoms with Crippen LogP contribution in [-0.2, 0) is 19.1 Å². The van der Waals surface area contributed by atoms with Crippen molar-refractivity contribution in [3.05, 3.63) is 22.4 Å². The van der Waals surface area contributed by atoms with E-state index in [-0.39, 0.29) is 18.5 Å². The Bertz CT molecular complexity index is 646. The number of carbonyl (C=O) groups excluding carboxylic acids is 3. The molecule has 3 rings (SSSR count). The van der Waals surface area contributed by atoms with Gasteiger partial charge in [-0.2, -0.15) is 0 Å². The summed E-state index contributed by atoms with van der Waals surface area (Å²) in [6.45, 7) is 1.42. The molecule has 0 saturated carbocycles. The van der Waals surface area contributed by atoms with Crippen LogP contribution >= 0.6 is 11.3 Å². The molecule has 0 unspecified atom stereocenters. The molecule has 1 aromatic heterocycles. The molecule has 2 saturated heterocycles. The van der Waals surface area contributed by atoms with Gasteiger partial charge in [-0.05, 0) is 18.4 Å². The monoisotopic (exact) mass is 339 g/mol. The number of nitrogens with two attached hydrogens (primary N) is 1. The van der Waals surface area contributed by atoms with Crippen LogP contribution in [0, 0.1) is 11.8 Å². The fourth-order valence-corrected chi connectivity index (χ4v) is 4.68. The lowest BCUT2D eigenvalue weighted by molar-refractivity contribution is -0.735. The summed E-state index contributed by atoms with van der Waals surface area (Å²) in [5.74, 6) is -2.92. The zero-order valence-electron chi connectivity index (χ0n) is 12.9. The number of esters is 1. The second kappa shape index (κ2) is 5.70. The predicted molar refractivity (Wildman–Crippen MR) is 80.2 cm³/mol. The number of methoxy groups -OCH3 is 1. The minimum Gasteiger partial charge on any atom is -0.464 e. The van der Waals surface area contributed by atoms with Crippen molar-refractivity contribution in [2.24, 2.45) is 11.8 Å². The van der Waals surface area contributed by atoms with Crippen molar-refractivity contribution in [2.75, 3.05) is 20.3 Å². The smallest absolute Gasteiger partial charge is 0.371 e. The highest BCUT2D eigenvalue weighted by Crippen LogP contribution is 2.45. The van der Waals surface area contributed by atoms with Crippen LogP contribution in [0.2, 0.25) is 0 Å². The maximum atomic E-state index is 12.7. The fraction of sp³-hybridized carbons (Fsp3) is 0.533. The number of nitrogens with zero attached hydrogens (tertiary/aromatic N) is 1. The molecule has 2 aliphatic rings. The van der Waals surface area contributed by atoms with Crippen molar-refractivity contribution in [3.63, 3.8) is 0 Å². The summed E-state index contributed by atoms with van der Waals surface area (Å²) in [5, 5.41) is 13.5. The second-order valence-corrected chi connectivity index (χ2v) is 6.80. The average Bonchev–Trinajstić information content (AvgIpc) is 3.24. The van der Waals surface area contributed by atoms with Crippen LogP contribution in [0.4, 0.5) is 0 Å². The Hall–Kier alpha value is -1.77. The van der Waals surface area contributed by atoms with E-state index in [1.165, 1.54) is 23.3 Å². The third-order valence-corrected chi connectivity index (χ3v) is 5.85. The number of likely N-dealkylation sites (tertiary alicyclic amines) is 1. The molecular formula is C15H19N2O5S+. The number of ether oxygens (including phenoxy) is 1. The quantitative estimate of drug-likeness (QED) is 0.535. The highest BCUT2D eigenvalue weighted by molar-refractivity contribution is 7.10. The van der Waals surface area contributed by atoms with Crippen LogP contribution in [0.5, 0.6) is 0 Å². The Labute approximate surface area is 137 Å². The molecule has 0 spiro atoms. The zero-order chi connectivity index (χ0) is 16.8. The Morgan fingerprint density at radius 2 is 2.22 bits per heavy atom. The minimum absolute atomic E-state index is 0.254. The van der Waals surface area contributed by atoms with Crippen LogP contribution in [-0.4, -0.2) is 53.6 Å². The van der Waals surface area contributed by atoms with Crippen LogP contribution in [0.25, 0.3) is 0 Å². The minimum atomic E-state index is -1.47. The summed E-state index contributed by atoms with van der Waals surface area (Å²) in [5.41, 5.74) is -1.47. The summed E-state index contributed by atoms with van der Waals surface area (Å²) in [7, 11) is 1.22. The van der Waals surface area contributed by atoms with Gasteiger partial charge in [0.15, 0.2) is 0 Å². The third kappa shape index (κ3) is 2.05. The molecule has 0 bridgehead atoms. The summed E-state index contributed by atoms with van der Waals surface area (Å²) < 4.78 is 4.85.